The molecule has 1 unspecified atom stereocenters. The summed E-state index contributed by atoms with van der Waals surface area (Å²) in [5.41, 5.74) is 1.24. The van der Waals surface area contributed by atoms with Crippen molar-refractivity contribution in [2.45, 2.75) is 19.5 Å². The Kier molecular flexibility index (Phi) is 4.53. The van der Waals surface area contributed by atoms with Crippen LogP contribution >= 0.6 is 0 Å². The molecule has 2 heterocycles. The number of nitrogens with zero attached hydrogens (tertiary/aromatic N) is 3. The third-order valence-corrected chi connectivity index (χ3v) is 3.05. The Morgan fingerprint density at radius 3 is 2.88 bits per heavy atom. The third kappa shape index (κ3) is 4.11. The molecule has 0 spiro atoms. The summed E-state index contributed by atoms with van der Waals surface area (Å²) in [5, 5.41) is 7.68. The Morgan fingerprint density at radius 2 is 2.24 bits per heavy atom. The predicted molar refractivity (Wildman–Crippen MR) is 66.8 cm³/mol. The summed E-state index contributed by atoms with van der Waals surface area (Å²) in [5.74, 6) is 0. The molecule has 0 radical (unpaired) electrons. The normalized spacial score (nSPS) is 19.4. The average molecular weight is 238 g/mol. The maximum atomic E-state index is 5.34. The third-order valence-electron chi connectivity index (χ3n) is 3.05. The SMILES string of the molecule is CC(CN1CCOCC1)NCc1cnn(C)c1. The number of rotatable bonds is 5. The largest absolute Gasteiger partial charge is 0.379 e. The van der Waals surface area contributed by atoms with Crippen molar-refractivity contribution in [3.05, 3.63) is 18.0 Å². The average Bonchev–Trinajstić information content (AvgIpc) is 2.74. The quantitative estimate of drug-likeness (QED) is 0.797. The number of hydrogen-bond acceptors (Lipinski definition) is 4. The first-order valence-electron chi connectivity index (χ1n) is 6.25. The molecule has 1 saturated heterocycles. The van der Waals surface area contributed by atoms with Gasteiger partial charge in [-0.05, 0) is 6.92 Å². The maximum absolute atomic E-state index is 5.34. The molecular weight excluding hydrogens is 216 g/mol. The first-order valence-corrected chi connectivity index (χ1v) is 6.25. The van der Waals surface area contributed by atoms with Crippen LogP contribution in [0.3, 0.4) is 0 Å². The number of ether oxygens (including phenoxy) is 1. The standard InChI is InChI=1S/C12H22N4O/c1-11(9-16-3-5-17-6-4-16)13-7-12-8-14-15(2)10-12/h8,10-11,13H,3-7,9H2,1-2H3. The molecule has 0 aliphatic carbocycles. The topological polar surface area (TPSA) is 42.3 Å². The lowest BCUT2D eigenvalue weighted by Gasteiger charge is -2.29. The molecule has 1 aliphatic rings. The Morgan fingerprint density at radius 1 is 1.47 bits per heavy atom. The van der Waals surface area contributed by atoms with Gasteiger partial charge in [0.05, 0.1) is 19.4 Å². The summed E-state index contributed by atoms with van der Waals surface area (Å²) in [7, 11) is 1.95. The Balaban J connectivity index is 1.68. The van der Waals surface area contributed by atoms with Crippen LogP contribution in [0.25, 0.3) is 0 Å². The van der Waals surface area contributed by atoms with E-state index in [1.807, 2.05) is 17.9 Å². The minimum absolute atomic E-state index is 0.494. The van der Waals surface area contributed by atoms with Crippen LogP contribution in [0.15, 0.2) is 12.4 Å². The molecule has 17 heavy (non-hydrogen) atoms. The van der Waals surface area contributed by atoms with Crippen LogP contribution in [-0.2, 0) is 18.3 Å². The summed E-state index contributed by atoms with van der Waals surface area (Å²) in [6.07, 6.45) is 3.96. The van der Waals surface area contributed by atoms with Gasteiger partial charge in [0, 0.05) is 51.0 Å². The van der Waals surface area contributed by atoms with Crippen molar-refractivity contribution >= 4 is 0 Å². The molecule has 1 aromatic rings. The molecule has 1 aromatic heterocycles. The molecule has 0 aromatic carbocycles. The minimum Gasteiger partial charge on any atom is -0.379 e. The number of morpholine rings is 1. The molecular formula is C12H22N4O. The lowest BCUT2D eigenvalue weighted by Crippen LogP contribution is -2.44. The Bertz CT molecular complexity index is 333. The molecule has 0 amide bonds. The highest BCUT2D eigenvalue weighted by atomic mass is 16.5. The molecule has 5 nitrogen and oxygen atoms in total. The van der Waals surface area contributed by atoms with Crippen LogP contribution < -0.4 is 5.32 Å². The van der Waals surface area contributed by atoms with Crippen molar-refractivity contribution < 1.29 is 4.74 Å². The second kappa shape index (κ2) is 6.14. The van der Waals surface area contributed by atoms with Crippen molar-refractivity contribution in [3.8, 4) is 0 Å². The molecule has 1 aliphatic heterocycles. The fourth-order valence-electron chi connectivity index (χ4n) is 2.09. The van der Waals surface area contributed by atoms with Crippen LogP contribution in [0.2, 0.25) is 0 Å². The van der Waals surface area contributed by atoms with Crippen LogP contribution in [0.5, 0.6) is 0 Å². The highest BCUT2D eigenvalue weighted by Crippen LogP contribution is 2.00. The van der Waals surface area contributed by atoms with E-state index in [1.165, 1.54) is 5.56 Å². The fourth-order valence-corrected chi connectivity index (χ4v) is 2.09. The van der Waals surface area contributed by atoms with Gasteiger partial charge in [-0.25, -0.2) is 0 Å². The number of hydrogen-bond donors (Lipinski definition) is 1. The first-order chi connectivity index (χ1) is 8.24. The van der Waals surface area contributed by atoms with E-state index in [-0.39, 0.29) is 0 Å². The lowest BCUT2D eigenvalue weighted by molar-refractivity contribution is 0.0343. The van der Waals surface area contributed by atoms with E-state index in [9.17, 15) is 0 Å². The summed E-state index contributed by atoms with van der Waals surface area (Å²) < 4.78 is 7.18. The summed E-state index contributed by atoms with van der Waals surface area (Å²) in [6.45, 7) is 8.05. The predicted octanol–water partition coefficient (Wildman–Crippen LogP) is 0.230. The zero-order chi connectivity index (χ0) is 12.1. The van der Waals surface area contributed by atoms with Crippen molar-refractivity contribution in [1.82, 2.24) is 20.0 Å². The monoisotopic (exact) mass is 238 g/mol. The van der Waals surface area contributed by atoms with E-state index in [4.69, 9.17) is 4.74 Å². The lowest BCUT2D eigenvalue weighted by atomic mass is 10.2. The highest BCUT2D eigenvalue weighted by Gasteiger charge is 2.13. The van der Waals surface area contributed by atoms with Crippen LogP contribution in [0, 0.1) is 0 Å². The molecule has 2 rings (SSSR count). The van der Waals surface area contributed by atoms with Crippen LogP contribution in [0.4, 0.5) is 0 Å². The summed E-state index contributed by atoms with van der Waals surface area (Å²) in [4.78, 5) is 2.45. The zero-order valence-electron chi connectivity index (χ0n) is 10.7. The van der Waals surface area contributed by atoms with Gasteiger partial charge in [0.25, 0.3) is 0 Å². The second-order valence-corrected chi connectivity index (χ2v) is 4.72. The number of aromatic nitrogens is 2. The van der Waals surface area contributed by atoms with Crippen molar-refractivity contribution in [1.29, 1.82) is 0 Å². The van der Waals surface area contributed by atoms with Crippen molar-refractivity contribution in [3.63, 3.8) is 0 Å². The van der Waals surface area contributed by atoms with Gasteiger partial charge in [-0.1, -0.05) is 0 Å². The van der Waals surface area contributed by atoms with Crippen molar-refractivity contribution in [2.75, 3.05) is 32.8 Å². The fraction of sp³-hybridized carbons (Fsp3) is 0.750. The number of nitrogens with one attached hydrogen (secondary N) is 1. The van der Waals surface area contributed by atoms with Crippen molar-refractivity contribution in [2.24, 2.45) is 7.05 Å². The Hall–Kier alpha value is -0.910. The summed E-state index contributed by atoms with van der Waals surface area (Å²) >= 11 is 0. The summed E-state index contributed by atoms with van der Waals surface area (Å²) in [6, 6.07) is 0.494. The van der Waals surface area contributed by atoms with Crippen LogP contribution in [0.1, 0.15) is 12.5 Å². The molecule has 1 N–H and O–H groups in total. The number of aryl methyl sites for hydroxylation is 1. The van der Waals surface area contributed by atoms with Gasteiger partial charge in [-0.15, -0.1) is 0 Å². The smallest absolute Gasteiger partial charge is 0.0594 e. The molecule has 5 heteroatoms. The van der Waals surface area contributed by atoms with Gasteiger partial charge in [-0.3, -0.25) is 9.58 Å². The first kappa shape index (κ1) is 12.5. The van der Waals surface area contributed by atoms with E-state index in [0.29, 0.717) is 6.04 Å². The van der Waals surface area contributed by atoms with E-state index in [0.717, 1.165) is 39.4 Å². The maximum Gasteiger partial charge on any atom is 0.0594 e. The van der Waals surface area contributed by atoms with Gasteiger partial charge in [0.1, 0.15) is 0 Å². The molecule has 0 bridgehead atoms. The zero-order valence-corrected chi connectivity index (χ0v) is 10.7. The Labute approximate surface area is 103 Å². The van der Waals surface area contributed by atoms with E-state index < -0.39 is 0 Å². The van der Waals surface area contributed by atoms with Gasteiger partial charge < -0.3 is 10.1 Å². The van der Waals surface area contributed by atoms with Gasteiger partial charge >= 0.3 is 0 Å². The van der Waals surface area contributed by atoms with Gasteiger partial charge in [-0.2, -0.15) is 5.10 Å². The molecule has 1 atom stereocenters. The minimum atomic E-state index is 0.494. The van der Waals surface area contributed by atoms with E-state index in [1.54, 1.807) is 0 Å². The van der Waals surface area contributed by atoms with Gasteiger partial charge in [0.15, 0.2) is 0 Å². The second-order valence-electron chi connectivity index (χ2n) is 4.72. The molecule has 1 fully saturated rings. The highest BCUT2D eigenvalue weighted by molar-refractivity contribution is 5.03. The van der Waals surface area contributed by atoms with E-state index >= 15 is 0 Å². The molecule has 96 valence electrons. The molecule has 0 saturated carbocycles. The van der Waals surface area contributed by atoms with Gasteiger partial charge in [0.2, 0.25) is 0 Å². The van der Waals surface area contributed by atoms with E-state index in [2.05, 4.69) is 28.4 Å². The van der Waals surface area contributed by atoms with Crippen LogP contribution in [-0.4, -0.2) is 53.6 Å².